The van der Waals surface area contributed by atoms with E-state index < -0.39 is 22.2 Å². The molecule has 1 aromatic rings. The average Bonchev–Trinajstić information content (AvgIpc) is 3.26. The van der Waals surface area contributed by atoms with Crippen molar-refractivity contribution in [2.24, 2.45) is 28.6 Å². The molecule has 5 rings (SSSR count). The number of Topliss-reactive ketones (excluding diaryl/α,β-unsaturated/α-hetero) is 1. The highest BCUT2D eigenvalue weighted by Gasteiger charge is 2.80. The van der Waals surface area contributed by atoms with Crippen molar-refractivity contribution in [3.05, 3.63) is 35.9 Å². The Morgan fingerprint density at radius 1 is 1.12 bits per heavy atom. The van der Waals surface area contributed by atoms with E-state index in [9.17, 15) is 9.59 Å². The molecule has 1 aliphatic heterocycles. The van der Waals surface area contributed by atoms with Gasteiger partial charge in [0.2, 0.25) is 0 Å². The lowest BCUT2D eigenvalue weighted by Gasteiger charge is -2.46. The molecule has 1 aromatic carbocycles. The summed E-state index contributed by atoms with van der Waals surface area (Å²) in [5.41, 5.74) is -0.625. The first-order valence-electron chi connectivity index (χ1n) is 12.2. The third-order valence-corrected chi connectivity index (χ3v) is 8.98. The highest BCUT2D eigenvalue weighted by Crippen LogP contribution is 2.73. The standard InChI is InChI=1S/C27H36O6/c1-17(28)31-16-25(4)20-12-11-19(15-30-14-18-9-7-6-8-10-18)27(20)13-21-26(5,22(25)23(27)29)33-24(2,3)32-21/h6-10,19-22H,11-16H2,1-5H3/t19-,20+,21-,22-,25-,26-,27+/m1/s1. The van der Waals surface area contributed by atoms with Crippen molar-refractivity contribution >= 4 is 11.8 Å². The van der Waals surface area contributed by atoms with E-state index in [1.165, 1.54) is 6.92 Å². The maximum absolute atomic E-state index is 14.3. The van der Waals surface area contributed by atoms with Crippen LogP contribution in [0.25, 0.3) is 0 Å². The van der Waals surface area contributed by atoms with E-state index in [4.69, 9.17) is 18.9 Å². The Hall–Kier alpha value is -1.76. The molecule has 0 N–H and O–H groups in total. The van der Waals surface area contributed by atoms with Crippen LogP contribution in [0.3, 0.4) is 0 Å². The van der Waals surface area contributed by atoms with E-state index in [2.05, 4.69) is 19.1 Å². The highest BCUT2D eigenvalue weighted by molar-refractivity contribution is 5.94. The van der Waals surface area contributed by atoms with Crippen LogP contribution in [0.4, 0.5) is 0 Å². The Balaban J connectivity index is 1.47. The number of ether oxygens (including phenoxy) is 4. The lowest BCUT2D eigenvalue weighted by molar-refractivity contribution is -0.185. The van der Waals surface area contributed by atoms with Crippen LogP contribution in [0.2, 0.25) is 0 Å². The Labute approximate surface area is 196 Å². The fourth-order valence-electron chi connectivity index (χ4n) is 7.99. The minimum absolute atomic E-state index is 0.116. The van der Waals surface area contributed by atoms with Crippen molar-refractivity contribution in [2.75, 3.05) is 13.2 Å². The fourth-order valence-corrected chi connectivity index (χ4v) is 7.99. The van der Waals surface area contributed by atoms with Crippen LogP contribution >= 0.6 is 0 Å². The number of esters is 1. The number of benzene rings is 1. The summed E-state index contributed by atoms with van der Waals surface area (Å²) in [5, 5.41) is 0. The Bertz CT molecular complexity index is 943. The SMILES string of the molecule is CC(=O)OC[C@@]1(C)[C@H]2C(=O)[C@@]3(C[C@H]4OC(C)(C)O[C@@]24C)[C@@H](COCc2ccccc2)CC[C@@H]13. The molecule has 0 aromatic heterocycles. The molecule has 2 bridgehead atoms. The molecule has 7 atom stereocenters. The molecular weight excluding hydrogens is 420 g/mol. The van der Waals surface area contributed by atoms with Crippen molar-refractivity contribution in [1.82, 2.24) is 0 Å². The van der Waals surface area contributed by atoms with Crippen LogP contribution in [0.15, 0.2) is 30.3 Å². The molecule has 6 nitrogen and oxygen atoms in total. The lowest BCUT2D eigenvalue weighted by Crippen LogP contribution is -2.58. The summed E-state index contributed by atoms with van der Waals surface area (Å²) in [5.74, 6) is -0.955. The monoisotopic (exact) mass is 456 g/mol. The number of carbonyl (C=O) groups is 2. The number of ketones is 1. The number of rotatable bonds is 6. The molecule has 4 aliphatic rings. The normalized spacial score (nSPS) is 42.8. The van der Waals surface area contributed by atoms with Crippen LogP contribution in [-0.4, -0.2) is 42.5 Å². The Kier molecular flexibility index (Phi) is 5.31. The van der Waals surface area contributed by atoms with Crippen LogP contribution < -0.4 is 0 Å². The van der Waals surface area contributed by atoms with Gasteiger partial charge in [0.25, 0.3) is 0 Å². The zero-order chi connectivity index (χ0) is 23.6. The molecule has 1 saturated heterocycles. The van der Waals surface area contributed by atoms with Gasteiger partial charge in [0.05, 0.1) is 31.8 Å². The van der Waals surface area contributed by atoms with Crippen molar-refractivity contribution < 1.29 is 28.5 Å². The second-order valence-corrected chi connectivity index (χ2v) is 11.4. The highest BCUT2D eigenvalue weighted by atomic mass is 16.8. The van der Waals surface area contributed by atoms with Gasteiger partial charge in [0.15, 0.2) is 5.79 Å². The molecule has 4 fully saturated rings. The van der Waals surface area contributed by atoms with E-state index in [-0.39, 0.29) is 42.2 Å². The lowest BCUT2D eigenvalue weighted by atomic mass is 9.61. The van der Waals surface area contributed by atoms with Crippen LogP contribution in [0.5, 0.6) is 0 Å². The second kappa shape index (κ2) is 7.62. The van der Waals surface area contributed by atoms with Crippen molar-refractivity contribution in [2.45, 2.75) is 78.0 Å². The number of carbonyl (C=O) groups excluding carboxylic acids is 2. The Morgan fingerprint density at radius 3 is 2.55 bits per heavy atom. The topological polar surface area (TPSA) is 71.1 Å². The quantitative estimate of drug-likeness (QED) is 0.595. The largest absolute Gasteiger partial charge is 0.465 e. The summed E-state index contributed by atoms with van der Waals surface area (Å²) < 4.78 is 24.6. The van der Waals surface area contributed by atoms with Crippen LogP contribution in [0.1, 0.15) is 59.4 Å². The second-order valence-electron chi connectivity index (χ2n) is 11.4. The van der Waals surface area contributed by atoms with Gasteiger partial charge in [-0.25, -0.2) is 0 Å². The van der Waals surface area contributed by atoms with E-state index in [1.807, 2.05) is 39.0 Å². The van der Waals surface area contributed by atoms with Gasteiger partial charge < -0.3 is 18.9 Å². The predicted molar refractivity (Wildman–Crippen MR) is 121 cm³/mol. The van der Waals surface area contributed by atoms with E-state index in [0.717, 1.165) is 18.4 Å². The molecule has 0 amide bonds. The maximum Gasteiger partial charge on any atom is 0.302 e. The Morgan fingerprint density at radius 2 is 1.85 bits per heavy atom. The van der Waals surface area contributed by atoms with Gasteiger partial charge >= 0.3 is 5.97 Å². The summed E-state index contributed by atoms with van der Waals surface area (Å²) in [6, 6.07) is 10.1. The molecule has 3 aliphatic carbocycles. The third kappa shape index (κ3) is 3.32. The minimum atomic E-state index is -0.753. The zero-order valence-corrected chi connectivity index (χ0v) is 20.4. The molecule has 1 heterocycles. The maximum atomic E-state index is 14.3. The minimum Gasteiger partial charge on any atom is -0.465 e. The third-order valence-electron chi connectivity index (χ3n) is 8.98. The van der Waals surface area contributed by atoms with Crippen LogP contribution in [0, 0.1) is 28.6 Å². The predicted octanol–water partition coefficient (Wildman–Crippen LogP) is 4.30. The fraction of sp³-hybridized carbons (Fsp3) is 0.704. The van der Waals surface area contributed by atoms with Gasteiger partial charge in [-0.1, -0.05) is 37.3 Å². The van der Waals surface area contributed by atoms with E-state index in [1.54, 1.807) is 0 Å². The first-order valence-corrected chi connectivity index (χ1v) is 12.2. The van der Waals surface area contributed by atoms with E-state index >= 15 is 0 Å². The molecule has 180 valence electrons. The van der Waals surface area contributed by atoms with Crippen molar-refractivity contribution in [3.8, 4) is 0 Å². The smallest absolute Gasteiger partial charge is 0.302 e. The molecule has 1 spiro atoms. The van der Waals surface area contributed by atoms with Gasteiger partial charge in [-0.05, 0) is 57.4 Å². The number of hydrogen-bond acceptors (Lipinski definition) is 6. The summed E-state index contributed by atoms with van der Waals surface area (Å²) in [6.07, 6.45) is 2.32. The van der Waals surface area contributed by atoms with E-state index in [0.29, 0.717) is 19.6 Å². The zero-order valence-electron chi connectivity index (χ0n) is 20.4. The summed E-state index contributed by atoms with van der Waals surface area (Å²) in [7, 11) is 0. The summed E-state index contributed by atoms with van der Waals surface area (Å²) in [6.45, 7) is 10.7. The van der Waals surface area contributed by atoms with Gasteiger partial charge in [-0.15, -0.1) is 0 Å². The van der Waals surface area contributed by atoms with Gasteiger partial charge in [0.1, 0.15) is 11.4 Å². The molecule has 3 saturated carbocycles. The number of fused-ring (bicyclic) bond motifs is 3. The van der Waals surface area contributed by atoms with Gasteiger partial charge in [-0.2, -0.15) is 0 Å². The van der Waals surface area contributed by atoms with Crippen molar-refractivity contribution in [1.29, 1.82) is 0 Å². The van der Waals surface area contributed by atoms with Crippen molar-refractivity contribution in [3.63, 3.8) is 0 Å². The average molecular weight is 457 g/mol. The van der Waals surface area contributed by atoms with Gasteiger partial charge in [-0.3, -0.25) is 9.59 Å². The summed E-state index contributed by atoms with van der Waals surface area (Å²) >= 11 is 0. The molecule has 0 unspecified atom stereocenters. The first kappa shape index (κ1) is 23.0. The molecule has 0 radical (unpaired) electrons. The number of hydrogen-bond donors (Lipinski definition) is 0. The summed E-state index contributed by atoms with van der Waals surface area (Å²) in [4.78, 5) is 26.1. The first-order chi connectivity index (χ1) is 15.5. The van der Waals surface area contributed by atoms with Gasteiger partial charge in [0, 0.05) is 17.8 Å². The van der Waals surface area contributed by atoms with Crippen LogP contribution in [-0.2, 0) is 35.1 Å². The molecule has 6 heteroatoms. The molecular formula is C27H36O6. The molecule has 33 heavy (non-hydrogen) atoms.